The van der Waals surface area contributed by atoms with E-state index in [4.69, 9.17) is 11.6 Å². The Labute approximate surface area is 152 Å². The Morgan fingerprint density at radius 2 is 2.00 bits per heavy atom. The molecular formula is C19H21ClN4O. The van der Waals surface area contributed by atoms with E-state index in [9.17, 15) is 4.79 Å². The first kappa shape index (κ1) is 17.4. The van der Waals surface area contributed by atoms with Gasteiger partial charge in [0, 0.05) is 29.4 Å². The molecule has 0 bridgehead atoms. The molecule has 0 saturated carbocycles. The lowest BCUT2D eigenvalue weighted by molar-refractivity contribution is 0.0950. The smallest absolute Gasteiger partial charge is 0.254 e. The topological polar surface area (TPSA) is 59.3 Å². The Hall–Kier alpha value is -2.40. The van der Waals surface area contributed by atoms with E-state index in [0.29, 0.717) is 28.7 Å². The molecule has 25 heavy (non-hydrogen) atoms. The van der Waals surface area contributed by atoms with Crippen molar-refractivity contribution in [3.8, 4) is 11.3 Å². The fourth-order valence-corrected chi connectivity index (χ4v) is 2.73. The van der Waals surface area contributed by atoms with Gasteiger partial charge in [0.2, 0.25) is 0 Å². The summed E-state index contributed by atoms with van der Waals surface area (Å²) >= 11 is 5.94. The maximum atomic E-state index is 12.4. The fraction of sp³-hybridized carbons (Fsp3) is 0.316. The van der Waals surface area contributed by atoms with Crippen molar-refractivity contribution in [3.63, 3.8) is 0 Å². The lowest BCUT2D eigenvalue weighted by Gasteiger charge is -2.09. The summed E-state index contributed by atoms with van der Waals surface area (Å²) in [6.07, 6.45) is 2.56. The van der Waals surface area contributed by atoms with E-state index < -0.39 is 0 Å². The Kier molecular flexibility index (Phi) is 5.04. The monoisotopic (exact) mass is 356 g/mol. The van der Waals surface area contributed by atoms with E-state index >= 15 is 0 Å². The molecule has 2 heterocycles. The van der Waals surface area contributed by atoms with Crippen LogP contribution in [0.1, 0.15) is 36.3 Å². The molecule has 130 valence electrons. The Balaban J connectivity index is 1.89. The third kappa shape index (κ3) is 3.82. The van der Waals surface area contributed by atoms with E-state index in [0.717, 1.165) is 23.4 Å². The molecule has 0 fully saturated rings. The molecule has 3 aromatic rings. The quantitative estimate of drug-likeness (QED) is 0.747. The van der Waals surface area contributed by atoms with Gasteiger partial charge in [0.1, 0.15) is 0 Å². The van der Waals surface area contributed by atoms with Gasteiger partial charge in [0.25, 0.3) is 5.91 Å². The van der Waals surface area contributed by atoms with Gasteiger partial charge < -0.3 is 5.32 Å². The van der Waals surface area contributed by atoms with Gasteiger partial charge >= 0.3 is 0 Å². The number of nitrogens with one attached hydrogen (secondary N) is 1. The molecule has 0 unspecified atom stereocenters. The number of benzene rings is 1. The Morgan fingerprint density at radius 1 is 1.28 bits per heavy atom. The number of carbonyl (C=O) groups is 1. The molecule has 0 radical (unpaired) electrons. The first-order valence-corrected chi connectivity index (χ1v) is 8.73. The third-order valence-electron chi connectivity index (χ3n) is 4.12. The van der Waals surface area contributed by atoms with Crippen molar-refractivity contribution >= 4 is 23.2 Å². The van der Waals surface area contributed by atoms with Crippen molar-refractivity contribution < 1.29 is 4.79 Å². The van der Waals surface area contributed by atoms with Crippen LogP contribution >= 0.6 is 11.6 Å². The van der Waals surface area contributed by atoms with Crippen molar-refractivity contribution in [2.45, 2.75) is 27.2 Å². The zero-order chi connectivity index (χ0) is 18.0. The Bertz CT molecular complexity index is 900. The predicted octanol–water partition coefficient (Wildman–Crippen LogP) is 4.13. The first-order valence-electron chi connectivity index (χ1n) is 8.35. The number of nitrogens with zero attached hydrogens (tertiary/aromatic N) is 3. The average molecular weight is 357 g/mol. The first-order chi connectivity index (χ1) is 12.0. The summed E-state index contributed by atoms with van der Waals surface area (Å²) < 4.78 is 1.71. The minimum Gasteiger partial charge on any atom is -0.352 e. The lowest BCUT2D eigenvalue weighted by Crippen LogP contribution is -2.26. The van der Waals surface area contributed by atoms with Crippen molar-refractivity contribution in [2.75, 3.05) is 6.54 Å². The number of aromatic nitrogens is 3. The molecule has 0 saturated heterocycles. The van der Waals surface area contributed by atoms with Gasteiger partial charge in [0.15, 0.2) is 5.65 Å². The van der Waals surface area contributed by atoms with Crippen LogP contribution in [0, 0.1) is 12.8 Å². The molecule has 6 heteroatoms. The summed E-state index contributed by atoms with van der Waals surface area (Å²) in [5.74, 6) is 0.436. The summed E-state index contributed by atoms with van der Waals surface area (Å²) in [5.41, 5.74) is 3.78. The van der Waals surface area contributed by atoms with Crippen LogP contribution < -0.4 is 5.32 Å². The summed E-state index contributed by atoms with van der Waals surface area (Å²) in [5, 5.41) is 8.22. The molecule has 0 aliphatic heterocycles. The molecule has 2 aromatic heterocycles. The highest BCUT2D eigenvalue weighted by Gasteiger charge is 2.15. The van der Waals surface area contributed by atoms with Crippen LogP contribution in [-0.2, 0) is 0 Å². The third-order valence-corrected chi connectivity index (χ3v) is 4.37. The zero-order valence-electron chi connectivity index (χ0n) is 14.6. The van der Waals surface area contributed by atoms with E-state index in [1.807, 2.05) is 37.3 Å². The zero-order valence-corrected chi connectivity index (χ0v) is 15.3. The van der Waals surface area contributed by atoms with Gasteiger partial charge in [0.05, 0.1) is 17.0 Å². The van der Waals surface area contributed by atoms with Crippen molar-refractivity contribution in [3.05, 3.63) is 52.8 Å². The van der Waals surface area contributed by atoms with E-state index in [2.05, 4.69) is 29.2 Å². The van der Waals surface area contributed by atoms with Crippen LogP contribution in [0.2, 0.25) is 5.02 Å². The number of amides is 1. The van der Waals surface area contributed by atoms with Gasteiger partial charge in [-0.1, -0.05) is 37.6 Å². The van der Waals surface area contributed by atoms with Crippen LogP contribution in [0.4, 0.5) is 0 Å². The van der Waals surface area contributed by atoms with Gasteiger partial charge in [-0.2, -0.15) is 5.10 Å². The number of fused-ring (bicyclic) bond motifs is 1. The fourth-order valence-electron chi connectivity index (χ4n) is 2.60. The maximum absolute atomic E-state index is 12.4. The minimum absolute atomic E-state index is 0.115. The van der Waals surface area contributed by atoms with Gasteiger partial charge in [-0.25, -0.2) is 9.50 Å². The van der Waals surface area contributed by atoms with Crippen molar-refractivity contribution in [1.29, 1.82) is 0 Å². The van der Waals surface area contributed by atoms with E-state index in [1.165, 1.54) is 0 Å². The molecule has 1 N–H and O–H groups in total. The average Bonchev–Trinajstić information content (AvgIpc) is 3.00. The van der Waals surface area contributed by atoms with Crippen LogP contribution in [-0.4, -0.2) is 27.0 Å². The molecule has 0 aliphatic rings. The summed E-state index contributed by atoms with van der Waals surface area (Å²) in [7, 11) is 0. The molecule has 3 rings (SSSR count). The van der Waals surface area contributed by atoms with Crippen LogP contribution in [0.15, 0.2) is 36.5 Å². The second kappa shape index (κ2) is 7.23. The highest BCUT2D eigenvalue weighted by Crippen LogP contribution is 2.22. The molecular weight excluding hydrogens is 336 g/mol. The highest BCUT2D eigenvalue weighted by atomic mass is 35.5. The van der Waals surface area contributed by atoms with Crippen LogP contribution in [0.5, 0.6) is 0 Å². The maximum Gasteiger partial charge on any atom is 0.254 e. The predicted molar refractivity (Wildman–Crippen MR) is 100.0 cm³/mol. The van der Waals surface area contributed by atoms with Crippen LogP contribution in [0.25, 0.3) is 16.9 Å². The number of aryl methyl sites for hydroxylation is 1. The number of hydrogen-bond donors (Lipinski definition) is 1. The van der Waals surface area contributed by atoms with E-state index in [1.54, 1.807) is 10.7 Å². The molecule has 1 aromatic carbocycles. The standard InChI is InChI=1S/C19H21ClN4O/c1-12(2)8-9-21-19(25)16-11-22-18-10-17(23-24(18)13(16)3)14-4-6-15(20)7-5-14/h4-7,10-12H,8-9H2,1-3H3,(H,21,25). The van der Waals surface area contributed by atoms with Gasteiger partial charge in [-0.05, 0) is 31.4 Å². The Morgan fingerprint density at radius 3 is 2.68 bits per heavy atom. The second-order valence-electron chi connectivity index (χ2n) is 6.50. The molecule has 0 spiro atoms. The summed E-state index contributed by atoms with van der Waals surface area (Å²) in [4.78, 5) is 16.8. The molecule has 5 nitrogen and oxygen atoms in total. The van der Waals surface area contributed by atoms with Gasteiger partial charge in [-0.15, -0.1) is 0 Å². The minimum atomic E-state index is -0.115. The molecule has 0 atom stereocenters. The number of carbonyl (C=O) groups excluding carboxylic acids is 1. The second-order valence-corrected chi connectivity index (χ2v) is 6.94. The molecule has 1 amide bonds. The van der Waals surface area contributed by atoms with Crippen molar-refractivity contribution in [2.24, 2.45) is 5.92 Å². The van der Waals surface area contributed by atoms with Gasteiger partial charge in [-0.3, -0.25) is 4.79 Å². The largest absolute Gasteiger partial charge is 0.352 e. The number of rotatable bonds is 5. The molecule has 0 aliphatic carbocycles. The summed E-state index contributed by atoms with van der Waals surface area (Å²) in [6, 6.07) is 9.39. The van der Waals surface area contributed by atoms with Crippen molar-refractivity contribution in [1.82, 2.24) is 19.9 Å². The summed E-state index contributed by atoms with van der Waals surface area (Å²) in [6.45, 7) is 6.80. The highest BCUT2D eigenvalue weighted by molar-refractivity contribution is 6.30. The number of halogens is 1. The lowest BCUT2D eigenvalue weighted by atomic mass is 10.1. The normalized spacial score (nSPS) is 11.2. The SMILES string of the molecule is Cc1c(C(=O)NCCC(C)C)cnc2cc(-c3ccc(Cl)cc3)nn12. The van der Waals surface area contributed by atoms with E-state index in [-0.39, 0.29) is 5.91 Å². The van der Waals surface area contributed by atoms with Crippen LogP contribution in [0.3, 0.4) is 0 Å². The number of hydrogen-bond acceptors (Lipinski definition) is 3.